The lowest BCUT2D eigenvalue weighted by Gasteiger charge is -2.16. The molecule has 0 saturated carbocycles. The number of aryl methyl sites for hydroxylation is 2. The first-order valence-electron chi connectivity index (χ1n) is 9.45. The largest absolute Gasteiger partial charge is 0.489 e. The highest BCUT2D eigenvalue weighted by Gasteiger charge is 2.32. The van der Waals surface area contributed by atoms with Gasteiger partial charge in [0.2, 0.25) is 0 Å². The third kappa shape index (κ3) is 3.70. The molecule has 30 heavy (non-hydrogen) atoms. The van der Waals surface area contributed by atoms with Crippen molar-refractivity contribution in [2.24, 2.45) is 0 Å². The van der Waals surface area contributed by atoms with Gasteiger partial charge in [0, 0.05) is 24.0 Å². The summed E-state index contributed by atoms with van der Waals surface area (Å²) in [7, 11) is -4.42. The monoisotopic (exact) mass is 430 g/mol. The molecule has 4 rings (SSSR count). The number of rotatable bonds is 4. The number of halogens is 2. The molecule has 1 heterocycles. The molecule has 0 aromatic heterocycles. The van der Waals surface area contributed by atoms with E-state index < -0.39 is 27.9 Å². The number of hydrogen-bond donors (Lipinski definition) is 1. The number of hydrogen-bond acceptors (Lipinski definition) is 3. The van der Waals surface area contributed by atoms with Gasteiger partial charge >= 0.3 is 0 Å². The van der Waals surface area contributed by atoms with E-state index in [4.69, 9.17) is 4.74 Å². The zero-order valence-corrected chi connectivity index (χ0v) is 17.3. The van der Waals surface area contributed by atoms with Gasteiger partial charge in [-0.2, -0.15) is 8.42 Å². The molecule has 7 heteroatoms. The summed E-state index contributed by atoms with van der Waals surface area (Å²) in [6.45, 7) is 3.67. The van der Waals surface area contributed by atoms with Crippen LogP contribution in [0.4, 0.5) is 8.78 Å². The number of ether oxygens (including phenoxy) is 1. The summed E-state index contributed by atoms with van der Waals surface area (Å²) in [5.41, 5.74) is 3.41. The third-order valence-corrected chi connectivity index (χ3v) is 6.31. The zero-order valence-electron chi connectivity index (χ0n) is 16.4. The van der Waals surface area contributed by atoms with Crippen LogP contribution < -0.4 is 4.74 Å². The first kappa shape index (κ1) is 20.5. The Balaban J connectivity index is 1.75. The van der Waals surface area contributed by atoms with E-state index in [1.54, 1.807) is 19.1 Å². The highest BCUT2D eigenvalue weighted by Crippen LogP contribution is 2.43. The van der Waals surface area contributed by atoms with Crippen LogP contribution in [0.15, 0.2) is 53.4 Å². The fourth-order valence-corrected chi connectivity index (χ4v) is 4.68. The van der Waals surface area contributed by atoms with Gasteiger partial charge in [-0.25, -0.2) is 8.78 Å². The van der Waals surface area contributed by atoms with Gasteiger partial charge in [-0.15, -0.1) is 0 Å². The molecule has 1 atom stereocenters. The van der Waals surface area contributed by atoms with E-state index in [0.29, 0.717) is 11.1 Å². The molecule has 0 amide bonds. The van der Waals surface area contributed by atoms with Gasteiger partial charge in [0.15, 0.2) is 11.6 Å². The van der Waals surface area contributed by atoms with Crippen molar-refractivity contribution in [1.82, 2.24) is 0 Å². The second-order valence-corrected chi connectivity index (χ2v) is 8.97. The van der Waals surface area contributed by atoms with Crippen molar-refractivity contribution in [3.63, 3.8) is 0 Å². The molecule has 0 bridgehead atoms. The Labute approximate surface area is 173 Å². The third-order valence-electron chi connectivity index (χ3n) is 5.36. The summed E-state index contributed by atoms with van der Waals surface area (Å²) in [5.74, 6) is -1.64. The van der Waals surface area contributed by atoms with Crippen molar-refractivity contribution in [3.8, 4) is 16.9 Å². The highest BCUT2D eigenvalue weighted by molar-refractivity contribution is 7.85. The Kier molecular flexibility index (Phi) is 5.11. The molecule has 1 unspecified atom stereocenters. The standard InChI is InChI=1S/C23H20F2O4S/c1-13-7-8-21(30(26,27)28)15(9-13)10-16-11-19-22(25)20(24)12-18(23(19)29-16)17-6-4-3-5-14(17)2/h3-9,12,16H,10-11H2,1-2H3,(H,26,27,28). The Morgan fingerprint density at radius 2 is 1.80 bits per heavy atom. The molecule has 0 spiro atoms. The maximum Gasteiger partial charge on any atom is 0.294 e. The smallest absolute Gasteiger partial charge is 0.294 e. The SMILES string of the molecule is Cc1ccc(S(=O)(=O)O)c(CC2Cc3c(F)c(F)cc(-c4ccccc4C)c3O2)c1. The average Bonchev–Trinajstić information content (AvgIpc) is 3.08. The van der Waals surface area contributed by atoms with Crippen LogP contribution in [-0.2, 0) is 23.0 Å². The van der Waals surface area contributed by atoms with Crippen molar-refractivity contribution in [1.29, 1.82) is 0 Å². The maximum atomic E-state index is 14.6. The Morgan fingerprint density at radius 3 is 2.50 bits per heavy atom. The van der Waals surface area contributed by atoms with E-state index in [1.165, 1.54) is 6.07 Å². The minimum atomic E-state index is -4.42. The average molecular weight is 430 g/mol. The summed E-state index contributed by atoms with van der Waals surface area (Å²) in [6, 6.07) is 13.1. The molecule has 4 nitrogen and oxygen atoms in total. The minimum Gasteiger partial charge on any atom is -0.489 e. The lowest BCUT2D eigenvalue weighted by Crippen LogP contribution is -2.18. The number of benzene rings is 3. The van der Waals surface area contributed by atoms with Gasteiger partial charge in [0.25, 0.3) is 10.1 Å². The van der Waals surface area contributed by atoms with E-state index >= 15 is 0 Å². The van der Waals surface area contributed by atoms with Crippen LogP contribution in [0.1, 0.15) is 22.3 Å². The molecule has 0 saturated heterocycles. The quantitative estimate of drug-likeness (QED) is 0.589. The van der Waals surface area contributed by atoms with Crippen LogP contribution in [0, 0.1) is 25.5 Å². The van der Waals surface area contributed by atoms with Gasteiger partial charge in [-0.3, -0.25) is 4.55 Å². The second-order valence-electron chi connectivity index (χ2n) is 7.58. The topological polar surface area (TPSA) is 63.6 Å². The molecule has 1 aliphatic heterocycles. The van der Waals surface area contributed by atoms with Crippen molar-refractivity contribution in [2.45, 2.75) is 37.7 Å². The van der Waals surface area contributed by atoms with Crippen molar-refractivity contribution in [2.75, 3.05) is 0 Å². The highest BCUT2D eigenvalue weighted by atomic mass is 32.2. The molecule has 3 aromatic rings. The van der Waals surface area contributed by atoms with E-state index in [9.17, 15) is 21.8 Å². The number of fused-ring (bicyclic) bond motifs is 1. The van der Waals surface area contributed by atoms with Crippen LogP contribution in [0.3, 0.4) is 0 Å². The molecule has 1 aliphatic rings. The molecule has 3 aromatic carbocycles. The normalized spacial score (nSPS) is 15.7. The predicted molar refractivity (Wildman–Crippen MR) is 109 cm³/mol. The van der Waals surface area contributed by atoms with E-state index in [2.05, 4.69) is 0 Å². The molecule has 0 aliphatic carbocycles. The van der Waals surface area contributed by atoms with Crippen LogP contribution >= 0.6 is 0 Å². The van der Waals surface area contributed by atoms with Crippen LogP contribution in [0.5, 0.6) is 5.75 Å². The molecule has 156 valence electrons. The molecule has 0 fully saturated rings. The summed E-state index contributed by atoms with van der Waals surface area (Å²) in [6.07, 6.45) is -0.377. The van der Waals surface area contributed by atoms with E-state index in [1.807, 2.05) is 31.2 Å². The van der Waals surface area contributed by atoms with Crippen molar-refractivity contribution in [3.05, 3.63) is 82.4 Å². The van der Waals surface area contributed by atoms with Crippen LogP contribution in [0.2, 0.25) is 0 Å². The van der Waals surface area contributed by atoms with Crippen molar-refractivity contribution < 1.29 is 26.5 Å². The Hall–Kier alpha value is -2.77. The predicted octanol–water partition coefficient (Wildman–Crippen LogP) is 5.04. The van der Waals surface area contributed by atoms with Crippen LogP contribution in [0.25, 0.3) is 11.1 Å². The molecular weight excluding hydrogens is 410 g/mol. The Morgan fingerprint density at radius 1 is 1.07 bits per heavy atom. The lowest BCUT2D eigenvalue weighted by atomic mass is 9.96. The fraction of sp³-hybridized carbons (Fsp3) is 0.217. The minimum absolute atomic E-state index is 0.0939. The Bertz CT molecular complexity index is 1250. The summed E-state index contributed by atoms with van der Waals surface area (Å²) in [5, 5.41) is 0. The fourth-order valence-electron chi connectivity index (χ4n) is 3.97. The van der Waals surface area contributed by atoms with Gasteiger partial charge in [0.05, 0.1) is 4.90 Å². The van der Waals surface area contributed by atoms with Crippen molar-refractivity contribution >= 4 is 10.1 Å². The summed E-state index contributed by atoms with van der Waals surface area (Å²) in [4.78, 5) is -0.210. The second kappa shape index (κ2) is 7.49. The maximum absolute atomic E-state index is 14.6. The first-order valence-corrected chi connectivity index (χ1v) is 10.9. The van der Waals surface area contributed by atoms with E-state index in [-0.39, 0.29) is 29.1 Å². The van der Waals surface area contributed by atoms with Gasteiger partial charge in [0.1, 0.15) is 11.9 Å². The van der Waals surface area contributed by atoms with Gasteiger partial charge in [-0.05, 0) is 42.7 Å². The molecule has 0 radical (unpaired) electrons. The van der Waals surface area contributed by atoms with Crippen LogP contribution in [-0.4, -0.2) is 19.1 Å². The summed E-state index contributed by atoms with van der Waals surface area (Å²) < 4.78 is 67.9. The summed E-state index contributed by atoms with van der Waals surface area (Å²) >= 11 is 0. The zero-order chi connectivity index (χ0) is 21.6. The molecule has 1 N–H and O–H groups in total. The van der Waals surface area contributed by atoms with Gasteiger partial charge in [-0.1, -0.05) is 42.0 Å². The van der Waals surface area contributed by atoms with E-state index in [0.717, 1.165) is 22.8 Å². The molecular formula is C23H20F2O4S. The van der Waals surface area contributed by atoms with Gasteiger partial charge < -0.3 is 4.74 Å². The lowest BCUT2D eigenvalue weighted by molar-refractivity contribution is 0.233. The first-order chi connectivity index (χ1) is 14.1.